The lowest BCUT2D eigenvalue weighted by molar-refractivity contribution is 0.0876. The SMILES string of the molecule is COc1cccc(-n2cnnc2SCCN2C(=O)c3ccccc3S2(=O)=O)c1. The molecule has 2 heterocycles. The minimum atomic E-state index is -3.80. The highest BCUT2D eigenvalue weighted by molar-refractivity contribution is 7.99. The molecule has 0 fully saturated rings. The van der Waals surface area contributed by atoms with Crippen LogP contribution in [0.1, 0.15) is 10.4 Å². The van der Waals surface area contributed by atoms with Crippen molar-refractivity contribution >= 4 is 27.7 Å². The third-order valence-electron chi connectivity index (χ3n) is 4.29. The molecule has 4 rings (SSSR count). The molecule has 2 aromatic carbocycles. The van der Waals surface area contributed by atoms with Gasteiger partial charge in [-0.15, -0.1) is 10.2 Å². The highest BCUT2D eigenvalue weighted by Crippen LogP contribution is 2.30. The average molecular weight is 416 g/mol. The Balaban J connectivity index is 1.49. The van der Waals surface area contributed by atoms with Crippen LogP contribution in [0.2, 0.25) is 0 Å². The molecule has 3 aromatic rings. The summed E-state index contributed by atoms with van der Waals surface area (Å²) in [6.45, 7) is 0.0471. The van der Waals surface area contributed by atoms with Crippen LogP contribution in [0, 0.1) is 0 Å². The van der Waals surface area contributed by atoms with Crippen LogP contribution in [-0.4, -0.2) is 52.8 Å². The van der Waals surface area contributed by atoms with Gasteiger partial charge in [0.05, 0.1) is 18.4 Å². The number of aromatic nitrogens is 3. The molecule has 1 aromatic heterocycles. The number of nitrogens with zero attached hydrogens (tertiary/aromatic N) is 4. The third-order valence-corrected chi connectivity index (χ3v) is 7.05. The summed E-state index contributed by atoms with van der Waals surface area (Å²) >= 11 is 1.32. The van der Waals surface area contributed by atoms with E-state index >= 15 is 0 Å². The molecule has 10 heteroatoms. The van der Waals surface area contributed by atoms with Gasteiger partial charge >= 0.3 is 0 Å². The van der Waals surface area contributed by atoms with Crippen molar-refractivity contribution in [2.75, 3.05) is 19.4 Å². The minimum absolute atomic E-state index is 0.0471. The van der Waals surface area contributed by atoms with Crippen molar-refractivity contribution in [1.82, 2.24) is 19.1 Å². The Morgan fingerprint density at radius 1 is 1.14 bits per heavy atom. The van der Waals surface area contributed by atoms with E-state index in [9.17, 15) is 13.2 Å². The number of rotatable bonds is 6. The van der Waals surface area contributed by atoms with E-state index in [2.05, 4.69) is 10.2 Å². The molecule has 8 nitrogen and oxygen atoms in total. The van der Waals surface area contributed by atoms with Crippen LogP contribution < -0.4 is 4.74 Å². The van der Waals surface area contributed by atoms with E-state index in [4.69, 9.17) is 4.74 Å². The first-order valence-electron chi connectivity index (χ1n) is 8.36. The zero-order chi connectivity index (χ0) is 19.7. The van der Waals surface area contributed by atoms with Gasteiger partial charge < -0.3 is 4.74 Å². The van der Waals surface area contributed by atoms with Crippen LogP contribution >= 0.6 is 11.8 Å². The number of ether oxygens (including phenoxy) is 1. The molecule has 1 aliphatic rings. The molecule has 0 radical (unpaired) electrons. The minimum Gasteiger partial charge on any atom is -0.497 e. The molecule has 0 saturated carbocycles. The second-order valence-electron chi connectivity index (χ2n) is 5.91. The van der Waals surface area contributed by atoms with E-state index in [-0.39, 0.29) is 17.0 Å². The van der Waals surface area contributed by atoms with Crippen molar-refractivity contribution < 1.29 is 17.9 Å². The highest BCUT2D eigenvalue weighted by Gasteiger charge is 2.40. The Hall–Kier alpha value is -2.85. The third kappa shape index (κ3) is 3.14. The van der Waals surface area contributed by atoms with Crippen molar-refractivity contribution in [2.45, 2.75) is 10.1 Å². The molecule has 28 heavy (non-hydrogen) atoms. The molecular weight excluding hydrogens is 400 g/mol. The molecule has 144 valence electrons. The Morgan fingerprint density at radius 3 is 2.75 bits per heavy atom. The quantitative estimate of drug-likeness (QED) is 0.569. The number of fused-ring (bicyclic) bond motifs is 1. The van der Waals surface area contributed by atoms with E-state index in [0.717, 1.165) is 9.99 Å². The van der Waals surface area contributed by atoms with Crippen molar-refractivity contribution in [3.05, 3.63) is 60.4 Å². The van der Waals surface area contributed by atoms with Crippen LogP contribution in [0.15, 0.2) is 64.9 Å². The summed E-state index contributed by atoms with van der Waals surface area (Å²) in [4.78, 5) is 12.5. The van der Waals surface area contributed by atoms with E-state index < -0.39 is 15.9 Å². The highest BCUT2D eigenvalue weighted by atomic mass is 32.2. The number of carbonyl (C=O) groups is 1. The lowest BCUT2D eigenvalue weighted by Crippen LogP contribution is -2.32. The predicted molar refractivity (Wildman–Crippen MR) is 103 cm³/mol. The Labute approximate surface area is 166 Å². The maximum Gasteiger partial charge on any atom is 0.269 e. The Morgan fingerprint density at radius 2 is 1.96 bits per heavy atom. The summed E-state index contributed by atoms with van der Waals surface area (Å²) in [6, 6.07) is 13.7. The summed E-state index contributed by atoms with van der Waals surface area (Å²) in [7, 11) is -2.21. The van der Waals surface area contributed by atoms with Gasteiger partial charge in [0.15, 0.2) is 5.16 Å². The van der Waals surface area contributed by atoms with E-state index in [1.165, 1.54) is 23.9 Å². The smallest absolute Gasteiger partial charge is 0.269 e. The van der Waals surface area contributed by atoms with Crippen molar-refractivity contribution in [3.8, 4) is 11.4 Å². The van der Waals surface area contributed by atoms with Gasteiger partial charge in [-0.2, -0.15) is 0 Å². The fourth-order valence-electron chi connectivity index (χ4n) is 2.93. The van der Waals surface area contributed by atoms with Crippen LogP contribution in [0.5, 0.6) is 5.75 Å². The van der Waals surface area contributed by atoms with Crippen LogP contribution in [0.25, 0.3) is 5.69 Å². The predicted octanol–water partition coefficient (Wildman–Crippen LogP) is 2.21. The first-order chi connectivity index (χ1) is 13.5. The van der Waals surface area contributed by atoms with Gasteiger partial charge in [-0.1, -0.05) is 30.0 Å². The summed E-state index contributed by atoms with van der Waals surface area (Å²) in [5.41, 5.74) is 1.04. The number of methoxy groups -OCH3 is 1. The molecule has 0 atom stereocenters. The number of hydrogen-bond donors (Lipinski definition) is 0. The summed E-state index contributed by atoms with van der Waals surface area (Å²) in [5, 5.41) is 8.61. The van der Waals surface area contributed by atoms with Gasteiger partial charge in [0, 0.05) is 18.4 Å². The maximum atomic E-state index is 12.6. The van der Waals surface area contributed by atoms with Gasteiger partial charge in [-0.3, -0.25) is 9.36 Å². The fourth-order valence-corrected chi connectivity index (χ4v) is 5.47. The zero-order valence-corrected chi connectivity index (χ0v) is 16.5. The van der Waals surface area contributed by atoms with Gasteiger partial charge in [0.25, 0.3) is 15.9 Å². The lowest BCUT2D eigenvalue weighted by Gasteiger charge is -2.14. The van der Waals surface area contributed by atoms with Crippen molar-refractivity contribution in [1.29, 1.82) is 0 Å². The van der Waals surface area contributed by atoms with Crippen molar-refractivity contribution in [2.24, 2.45) is 0 Å². The fraction of sp³-hybridized carbons (Fsp3) is 0.167. The largest absolute Gasteiger partial charge is 0.497 e. The summed E-state index contributed by atoms with van der Waals surface area (Å²) in [6.07, 6.45) is 1.57. The molecule has 1 amide bonds. The second kappa shape index (κ2) is 7.28. The number of carbonyl (C=O) groups excluding carboxylic acids is 1. The molecule has 0 bridgehead atoms. The Kier molecular flexibility index (Phi) is 4.82. The number of benzene rings is 2. The van der Waals surface area contributed by atoms with Crippen LogP contribution in [0.4, 0.5) is 0 Å². The molecule has 0 N–H and O–H groups in total. The number of amides is 1. The molecule has 0 spiro atoms. The standard InChI is InChI=1S/C18H16N4O4S2/c1-26-14-6-4-5-13(11-14)21-12-19-20-18(21)27-10-9-22-17(23)15-7-2-3-8-16(15)28(22,24)25/h2-8,11-12H,9-10H2,1H3. The monoisotopic (exact) mass is 416 g/mol. The van der Waals surface area contributed by atoms with E-state index in [0.29, 0.717) is 16.7 Å². The van der Waals surface area contributed by atoms with E-state index in [1.54, 1.807) is 30.1 Å². The topological polar surface area (TPSA) is 94.4 Å². The first-order valence-corrected chi connectivity index (χ1v) is 10.8. The van der Waals surface area contributed by atoms with Crippen molar-refractivity contribution in [3.63, 3.8) is 0 Å². The van der Waals surface area contributed by atoms with Gasteiger partial charge in [0.2, 0.25) is 0 Å². The van der Waals surface area contributed by atoms with Gasteiger partial charge in [-0.05, 0) is 24.3 Å². The summed E-state index contributed by atoms with van der Waals surface area (Å²) < 4.78 is 33.1. The normalized spacial score (nSPS) is 14.9. The van der Waals surface area contributed by atoms with Crippen LogP contribution in [0.3, 0.4) is 0 Å². The molecule has 0 unspecified atom stereocenters. The van der Waals surface area contributed by atoms with Gasteiger partial charge in [0.1, 0.15) is 17.0 Å². The lowest BCUT2D eigenvalue weighted by atomic mass is 10.2. The molecule has 1 aliphatic heterocycles. The summed E-state index contributed by atoms with van der Waals surface area (Å²) in [5.74, 6) is 0.556. The maximum absolute atomic E-state index is 12.6. The van der Waals surface area contributed by atoms with Crippen LogP contribution in [-0.2, 0) is 10.0 Å². The zero-order valence-electron chi connectivity index (χ0n) is 14.8. The molecular formula is C18H16N4O4S2. The number of sulfonamides is 1. The number of thioether (sulfide) groups is 1. The van der Waals surface area contributed by atoms with E-state index in [1.807, 2.05) is 24.3 Å². The first kappa shape index (κ1) is 18.5. The van der Waals surface area contributed by atoms with Gasteiger partial charge in [-0.25, -0.2) is 12.7 Å². The second-order valence-corrected chi connectivity index (χ2v) is 8.80. The Bertz CT molecular complexity index is 1140. The number of hydrogen-bond acceptors (Lipinski definition) is 7. The average Bonchev–Trinajstić information content (AvgIpc) is 3.25. The molecule has 0 saturated heterocycles. The molecule has 0 aliphatic carbocycles.